The monoisotopic (exact) mass is 207 g/mol. The molecule has 0 aliphatic heterocycles. The first-order chi connectivity index (χ1) is 7.25. The molecule has 1 N–H and O–H groups in total. The van der Waals surface area contributed by atoms with Crippen molar-refractivity contribution in [2.45, 2.75) is 32.6 Å². The summed E-state index contributed by atoms with van der Waals surface area (Å²) < 4.78 is 0. The van der Waals surface area contributed by atoms with Gasteiger partial charge in [0.1, 0.15) is 0 Å². The Morgan fingerprint density at radius 1 is 1.40 bits per heavy atom. The molecule has 0 saturated heterocycles. The van der Waals surface area contributed by atoms with Crippen LogP contribution >= 0.6 is 0 Å². The molecule has 0 atom stereocenters. The maximum atomic E-state index is 3.79. The summed E-state index contributed by atoms with van der Waals surface area (Å²) in [7, 11) is 0. The number of hydrogen-bond acceptors (Lipinski definition) is 1. The lowest BCUT2D eigenvalue weighted by Crippen LogP contribution is -2.33. The average molecular weight is 207 g/mol. The van der Waals surface area contributed by atoms with E-state index in [1.165, 1.54) is 31.3 Å². The summed E-state index contributed by atoms with van der Waals surface area (Å²) in [5, 5.41) is 3.46. The molecule has 0 aromatic heterocycles. The van der Waals surface area contributed by atoms with Gasteiger partial charge in [0.05, 0.1) is 0 Å². The van der Waals surface area contributed by atoms with Crippen LogP contribution in [0.1, 0.15) is 34.0 Å². The van der Waals surface area contributed by atoms with Gasteiger partial charge in [-0.3, -0.25) is 0 Å². The zero-order valence-electron chi connectivity index (χ0n) is 9.89. The number of allylic oxidation sites excluding steroid dienone is 2. The van der Waals surface area contributed by atoms with Crippen LogP contribution in [-0.4, -0.2) is 13.1 Å². The first-order valence-corrected chi connectivity index (χ1v) is 5.86. The third kappa shape index (κ3) is 3.07. The van der Waals surface area contributed by atoms with E-state index in [0.717, 1.165) is 13.1 Å². The lowest BCUT2D eigenvalue weighted by atomic mass is 9.79. The van der Waals surface area contributed by atoms with Crippen LogP contribution in [0.25, 0.3) is 0 Å². The fourth-order valence-corrected chi connectivity index (χ4v) is 2.53. The molecule has 0 heterocycles. The van der Waals surface area contributed by atoms with Gasteiger partial charge >= 0.3 is 0 Å². The second-order valence-electron chi connectivity index (χ2n) is 4.49. The molecule has 1 rings (SSSR count). The minimum Gasteiger partial charge on any atom is -0.312 e. The van der Waals surface area contributed by atoms with Gasteiger partial charge in [0, 0.05) is 19.9 Å². The van der Waals surface area contributed by atoms with Gasteiger partial charge in [0.25, 0.3) is 0 Å². The van der Waals surface area contributed by atoms with Crippen molar-refractivity contribution in [2.24, 2.45) is 5.41 Å². The Morgan fingerprint density at radius 3 is 2.60 bits per heavy atom. The molecule has 1 fully saturated rings. The van der Waals surface area contributed by atoms with E-state index in [-0.39, 0.29) is 1.43 Å². The second kappa shape index (κ2) is 5.92. The highest BCUT2D eigenvalue weighted by Gasteiger charge is 2.34. The smallest absolute Gasteiger partial charge is 0.0132 e. The van der Waals surface area contributed by atoms with E-state index in [9.17, 15) is 0 Å². The summed E-state index contributed by atoms with van der Waals surface area (Å²) in [6, 6.07) is 0. The van der Waals surface area contributed by atoms with Crippen molar-refractivity contribution in [2.75, 3.05) is 13.1 Å². The molecule has 0 spiro atoms. The summed E-state index contributed by atoms with van der Waals surface area (Å²) in [5.41, 5.74) is 1.86. The molecule has 0 unspecified atom stereocenters. The number of hydrogen-bond donors (Lipinski definition) is 1. The van der Waals surface area contributed by atoms with Crippen molar-refractivity contribution in [1.82, 2.24) is 5.32 Å². The molecule has 1 aliphatic carbocycles. The Labute approximate surface area is 95.4 Å². The Morgan fingerprint density at radius 2 is 2.07 bits per heavy atom. The SMILES string of the molecule is C=C/C=C(\C)C1(CNCC=C)CCCC1.[HH]. The van der Waals surface area contributed by atoms with Gasteiger partial charge in [-0.15, -0.1) is 6.58 Å². The molecule has 0 aromatic rings. The van der Waals surface area contributed by atoms with Crippen molar-refractivity contribution < 1.29 is 1.43 Å². The van der Waals surface area contributed by atoms with E-state index in [1.54, 1.807) is 0 Å². The lowest BCUT2D eigenvalue weighted by molar-refractivity contribution is 0.349. The Bertz CT molecular complexity index is 249. The van der Waals surface area contributed by atoms with Gasteiger partial charge in [-0.1, -0.05) is 43.2 Å². The topological polar surface area (TPSA) is 12.0 Å². The average Bonchev–Trinajstić information content (AvgIpc) is 2.69. The second-order valence-corrected chi connectivity index (χ2v) is 4.49. The molecule has 1 nitrogen and oxygen atoms in total. The highest BCUT2D eigenvalue weighted by molar-refractivity contribution is 5.19. The number of nitrogens with one attached hydrogen (secondary N) is 1. The predicted molar refractivity (Wildman–Crippen MR) is 70.0 cm³/mol. The van der Waals surface area contributed by atoms with Crippen molar-refractivity contribution >= 4 is 0 Å². The molecule has 0 bridgehead atoms. The summed E-state index contributed by atoms with van der Waals surface area (Å²) in [4.78, 5) is 0. The van der Waals surface area contributed by atoms with Gasteiger partial charge in [-0.05, 0) is 19.8 Å². The van der Waals surface area contributed by atoms with E-state index in [4.69, 9.17) is 0 Å². The quantitative estimate of drug-likeness (QED) is 0.398. The van der Waals surface area contributed by atoms with Crippen LogP contribution in [0, 0.1) is 5.41 Å². The molecule has 0 aromatic carbocycles. The summed E-state index contributed by atoms with van der Waals surface area (Å²) in [6.07, 6.45) is 11.3. The minimum atomic E-state index is 0. The molecular weight excluding hydrogens is 182 g/mol. The zero-order chi connectivity index (χ0) is 11.1. The Kier molecular flexibility index (Phi) is 4.83. The number of rotatable bonds is 6. The molecule has 1 aliphatic rings. The minimum absolute atomic E-state index is 0. The van der Waals surface area contributed by atoms with Gasteiger partial charge in [-0.2, -0.15) is 0 Å². The fourth-order valence-electron chi connectivity index (χ4n) is 2.53. The zero-order valence-corrected chi connectivity index (χ0v) is 9.89. The van der Waals surface area contributed by atoms with Crippen LogP contribution in [0.15, 0.2) is 37.0 Å². The highest BCUT2D eigenvalue weighted by Crippen LogP contribution is 2.43. The predicted octanol–water partition coefficient (Wildman–Crippen LogP) is 3.70. The van der Waals surface area contributed by atoms with Crippen LogP contribution in [0.5, 0.6) is 0 Å². The van der Waals surface area contributed by atoms with Crippen molar-refractivity contribution in [3.05, 3.63) is 37.0 Å². The van der Waals surface area contributed by atoms with Crippen LogP contribution < -0.4 is 5.32 Å². The summed E-state index contributed by atoms with van der Waals surface area (Å²) in [5.74, 6) is 0. The standard InChI is InChI=1S/C14H23N.H2/c1-4-8-13(3)14(9-6-7-10-14)12-15-11-5-2;/h4-5,8,15H,1-2,6-7,9-12H2,3H3;1H/b13-8+;. The molecule has 1 saturated carbocycles. The maximum absolute atomic E-state index is 3.79. The molecule has 1 heteroatoms. The fraction of sp³-hybridized carbons (Fsp3) is 0.571. The van der Waals surface area contributed by atoms with E-state index in [1.807, 2.05) is 12.2 Å². The summed E-state index contributed by atoms with van der Waals surface area (Å²) in [6.45, 7) is 11.7. The first-order valence-electron chi connectivity index (χ1n) is 5.86. The normalized spacial score (nSPS) is 20.2. The van der Waals surface area contributed by atoms with E-state index in [0.29, 0.717) is 5.41 Å². The largest absolute Gasteiger partial charge is 0.312 e. The molecule has 86 valence electrons. The van der Waals surface area contributed by atoms with Crippen LogP contribution in [-0.2, 0) is 0 Å². The first kappa shape index (κ1) is 12.3. The maximum Gasteiger partial charge on any atom is 0.0132 e. The lowest BCUT2D eigenvalue weighted by Gasteiger charge is -2.30. The molecular formula is C14H25N. The third-order valence-electron chi connectivity index (χ3n) is 3.52. The van der Waals surface area contributed by atoms with Crippen LogP contribution in [0.2, 0.25) is 0 Å². The molecule has 15 heavy (non-hydrogen) atoms. The van der Waals surface area contributed by atoms with Crippen molar-refractivity contribution in [3.8, 4) is 0 Å². The van der Waals surface area contributed by atoms with Crippen molar-refractivity contribution in [1.29, 1.82) is 0 Å². The molecule has 0 radical (unpaired) electrons. The van der Waals surface area contributed by atoms with Crippen LogP contribution in [0.4, 0.5) is 0 Å². The molecule has 0 amide bonds. The van der Waals surface area contributed by atoms with Gasteiger partial charge in [-0.25, -0.2) is 0 Å². The Hall–Kier alpha value is -0.820. The van der Waals surface area contributed by atoms with Gasteiger partial charge in [0.15, 0.2) is 0 Å². The highest BCUT2D eigenvalue weighted by atomic mass is 14.9. The Balaban J connectivity index is 0.00000225. The van der Waals surface area contributed by atoms with Crippen LogP contribution in [0.3, 0.4) is 0 Å². The van der Waals surface area contributed by atoms with Crippen molar-refractivity contribution in [3.63, 3.8) is 0 Å². The van der Waals surface area contributed by atoms with E-state index < -0.39 is 0 Å². The van der Waals surface area contributed by atoms with Gasteiger partial charge < -0.3 is 5.32 Å². The third-order valence-corrected chi connectivity index (χ3v) is 3.52. The van der Waals surface area contributed by atoms with Gasteiger partial charge in [0.2, 0.25) is 0 Å². The van der Waals surface area contributed by atoms with E-state index >= 15 is 0 Å². The summed E-state index contributed by atoms with van der Waals surface area (Å²) >= 11 is 0. The van der Waals surface area contributed by atoms with E-state index in [2.05, 4.69) is 31.5 Å².